The fourth-order valence-electron chi connectivity index (χ4n) is 3.47. The Balaban J connectivity index is 0.00000341. The molecular weight excluding hydrogens is 438 g/mol. The molecule has 1 unspecified atom stereocenters. The van der Waals surface area contributed by atoms with E-state index < -0.39 is 35.2 Å². The number of likely N-dealkylation sites (tertiary alicyclic amines) is 1. The fourth-order valence-corrected chi connectivity index (χ4v) is 3.47. The Labute approximate surface area is 183 Å². The zero-order valence-corrected chi connectivity index (χ0v) is 17.3. The molecule has 0 bridgehead atoms. The maximum atomic E-state index is 14.3. The molecule has 31 heavy (non-hydrogen) atoms. The summed E-state index contributed by atoms with van der Waals surface area (Å²) in [6.45, 7) is 1.74. The van der Waals surface area contributed by atoms with Crippen LogP contribution in [0.5, 0.6) is 0 Å². The minimum Gasteiger partial charge on any atom is -0.499 e. The molecule has 0 radical (unpaired) electrons. The fraction of sp³-hybridized carbons (Fsp3) is 0.318. The molecule has 1 aliphatic heterocycles. The van der Waals surface area contributed by atoms with Crippen molar-refractivity contribution in [3.05, 3.63) is 77.1 Å². The summed E-state index contributed by atoms with van der Waals surface area (Å²) in [5.41, 5.74) is -0.177. The molecule has 0 saturated carbocycles. The predicted octanol–water partition coefficient (Wildman–Crippen LogP) is 4.87. The minimum absolute atomic E-state index is 0. The van der Waals surface area contributed by atoms with Crippen LogP contribution >= 0.6 is 12.4 Å². The predicted molar refractivity (Wildman–Crippen MR) is 110 cm³/mol. The van der Waals surface area contributed by atoms with Crippen LogP contribution in [0.25, 0.3) is 5.57 Å². The number of hydrogen-bond acceptors (Lipinski definition) is 3. The number of rotatable bonds is 7. The van der Waals surface area contributed by atoms with Crippen molar-refractivity contribution in [2.24, 2.45) is 5.92 Å². The summed E-state index contributed by atoms with van der Waals surface area (Å²) in [7, 11) is 0. The lowest BCUT2D eigenvalue weighted by molar-refractivity contribution is -0.143. The van der Waals surface area contributed by atoms with E-state index in [1.165, 1.54) is 0 Å². The number of piperidine rings is 1. The Bertz CT molecular complexity index is 901. The number of nitrogens with zero attached hydrogens (tertiary/aromatic N) is 1. The van der Waals surface area contributed by atoms with E-state index in [0.29, 0.717) is 31.6 Å². The van der Waals surface area contributed by atoms with Gasteiger partial charge in [0.25, 0.3) is 0 Å². The average molecular weight is 460 g/mol. The van der Waals surface area contributed by atoms with E-state index in [0.717, 1.165) is 43.5 Å². The normalized spacial score (nSPS) is 16.3. The number of benzene rings is 2. The van der Waals surface area contributed by atoms with Gasteiger partial charge in [0.15, 0.2) is 0 Å². The van der Waals surface area contributed by atoms with E-state index in [4.69, 9.17) is 9.84 Å². The minimum atomic E-state index is -0.908. The summed E-state index contributed by atoms with van der Waals surface area (Å²) in [6, 6.07) is 5.73. The van der Waals surface area contributed by atoms with E-state index >= 15 is 0 Å². The van der Waals surface area contributed by atoms with E-state index in [9.17, 15) is 22.4 Å². The summed E-state index contributed by atoms with van der Waals surface area (Å²) in [6.07, 6.45) is 2.55. The first-order valence-electron chi connectivity index (χ1n) is 9.53. The Morgan fingerprint density at radius 3 is 2.16 bits per heavy atom. The number of carbonyl (C=O) groups is 1. The highest BCUT2D eigenvalue weighted by Gasteiger charge is 2.25. The van der Waals surface area contributed by atoms with E-state index in [1.54, 1.807) is 0 Å². The second kappa shape index (κ2) is 11.2. The SMILES string of the molecule is Cl.O=C(O)C1CCCN(CCOC=C(c2ccc(F)cc2F)c2ccc(F)cc2F)C1. The number of halogens is 5. The summed E-state index contributed by atoms with van der Waals surface area (Å²) in [5, 5.41) is 9.15. The number of aliphatic carboxylic acids is 1. The van der Waals surface area contributed by atoms with Crippen molar-refractivity contribution < 1.29 is 32.2 Å². The van der Waals surface area contributed by atoms with Crippen molar-refractivity contribution in [3.8, 4) is 0 Å². The molecule has 1 N–H and O–H groups in total. The van der Waals surface area contributed by atoms with Crippen molar-refractivity contribution >= 4 is 23.9 Å². The highest BCUT2D eigenvalue weighted by atomic mass is 35.5. The lowest BCUT2D eigenvalue weighted by Crippen LogP contribution is -2.40. The van der Waals surface area contributed by atoms with Gasteiger partial charge in [0, 0.05) is 41.9 Å². The van der Waals surface area contributed by atoms with Crippen molar-refractivity contribution in [2.45, 2.75) is 12.8 Å². The van der Waals surface area contributed by atoms with Crippen LogP contribution in [-0.4, -0.2) is 42.2 Å². The van der Waals surface area contributed by atoms with Crippen molar-refractivity contribution in [1.82, 2.24) is 4.90 Å². The Morgan fingerprint density at radius 1 is 1.06 bits per heavy atom. The quantitative estimate of drug-likeness (QED) is 0.365. The lowest BCUT2D eigenvalue weighted by Gasteiger charge is -2.30. The van der Waals surface area contributed by atoms with E-state index in [-0.39, 0.29) is 35.7 Å². The molecule has 1 fully saturated rings. The van der Waals surface area contributed by atoms with Gasteiger partial charge >= 0.3 is 5.97 Å². The number of carboxylic acids is 1. The van der Waals surface area contributed by atoms with Gasteiger partial charge in [-0.2, -0.15) is 0 Å². The van der Waals surface area contributed by atoms with Gasteiger partial charge in [-0.25, -0.2) is 17.6 Å². The zero-order valence-electron chi connectivity index (χ0n) is 16.5. The molecular formula is C22H22ClF4NO3. The van der Waals surface area contributed by atoms with Crippen LogP contribution in [0.1, 0.15) is 24.0 Å². The largest absolute Gasteiger partial charge is 0.499 e. The molecule has 1 saturated heterocycles. The number of ether oxygens (including phenoxy) is 1. The molecule has 0 aromatic heterocycles. The van der Waals surface area contributed by atoms with Crippen LogP contribution < -0.4 is 0 Å². The third kappa shape index (κ3) is 6.45. The van der Waals surface area contributed by atoms with Gasteiger partial charge in [-0.1, -0.05) is 0 Å². The van der Waals surface area contributed by atoms with Gasteiger partial charge < -0.3 is 9.84 Å². The van der Waals surface area contributed by atoms with Crippen LogP contribution in [0.4, 0.5) is 17.6 Å². The van der Waals surface area contributed by atoms with E-state index in [1.807, 2.05) is 4.90 Å². The number of hydrogen-bond donors (Lipinski definition) is 1. The lowest BCUT2D eigenvalue weighted by atomic mass is 9.98. The average Bonchev–Trinajstić information content (AvgIpc) is 2.70. The summed E-state index contributed by atoms with van der Waals surface area (Å²) in [5.74, 6) is -4.64. The Kier molecular flexibility index (Phi) is 8.88. The number of carboxylic acid groups (broad SMARTS) is 1. The van der Waals surface area contributed by atoms with Crippen molar-refractivity contribution in [2.75, 3.05) is 26.2 Å². The summed E-state index contributed by atoms with van der Waals surface area (Å²) < 4.78 is 60.7. The van der Waals surface area contributed by atoms with Crippen LogP contribution in [0, 0.1) is 29.2 Å². The van der Waals surface area contributed by atoms with Crippen LogP contribution in [0.3, 0.4) is 0 Å². The highest BCUT2D eigenvalue weighted by molar-refractivity contribution is 5.85. The van der Waals surface area contributed by atoms with Gasteiger partial charge in [0.1, 0.15) is 29.9 Å². The Hall–Kier alpha value is -2.58. The maximum Gasteiger partial charge on any atom is 0.307 e. The van der Waals surface area contributed by atoms with Crippen LogP contribution in [0.15, 0.2) is 42.7 Å². The summed E-state index contributed by atoms with van der Waals surface area (Å²) in [4.78, 5) is 13.1. The standard InChI is InChI=1S/C22H21F4NO3.ClH/c23-15-3-5-17(20(25)10-15)19(18-6-4-16(24)11-21(18)26)13-30-9-8-27-7-1-2-14(12-27)22(28)29;/h3-6,10-11,13-14H,1-2,7-9,12H2,(H,28,29);1H. The maximum absolute atomic E-state index is 14.3. The molecule has 9 heteroatoms. The molecule has 0 amide bonds. The van der Waals surface area contributed by atoms with Crippen LogP contribution in [-0.2, 0) is 9.53 Å². The monoisotopic (exact) mass is 459 g/mol. The summed E-state index contributed by atoms with van der Waals surface area (Å²) >= 11 is 0. The van der Waals surface area contributed by atoms with Gasteiger partial charge in [-0.05, 0) is 43.7 Å². The van der Waals surface area contributed by atoms with E-state index in [2.05, 4.69) is 0 Å². The van der Waals surface area contributed by atoms with Crippen LogP contribution in [0.2, 0.25) is 0 Å². The third-order valence-corrected chi connectivity index (χ3v) is 5.02. The second-order valence-corrected chi connectivity index (χ2v) is 7.13. The highest BCUT2D eigenvalue weighted by Crippen LogP contribution is 2.29. The zero-order chi connectivity index (χ0) is 21.7. The molecule has 4 nitrogen and oxygen atoms in total. The topological polar surface area (TPSA) is 49.8 Å². The molecule has 1 aliphatic rings. The molecule has 0 aliphatic carbocycles. The first kappa shape index (κ1) is 24.7. The molecule has 1 atom stereocenters. The first-order valence-corrected chi connectivity index (χ1v) is 9.53. The van der Waals surface area contributed by atoms with Crippen molar-refractivity contribution in [1.29, 1.82) is 0 Å². The van der Waals surface area contributed by atoms with Crippen molar-refractivity contribution in [3.63, 3.8) is 0 Å². The molecule has 1 heterocycles. The van der Waals surface area contributed by atoms with Gasteiger partial charge in [0.05, 0.1) is 12.2 Å². The molecule has 2 aromatic rings. The second-order valence-electron chi connectivity index (χ2n) is 7.13. The van der Waals surface area contributed by atoms with Gasteiger partial charge in [-0.3, -0.25) is 9.69 Å². The molecule has 3 rings (SSSR count). The third-order valence-electron chi connectivity index (χ3n) is 5.02. The smallest absolute Gasteiger partial charge is 0.307 e. The molecule has 0 spiro atoms. The molecule has 2 aromatic carbocycles. The Morgan fingerprint density at radius 2 is 1.65 bits per heavy atom. The molecule has 168 valence electrons. The van der Waals surface area contributed by atoms with Gasteiger partial charge in [0.2, 0.25) is 0 Å². The first-order chi connectivity index (χ1) is 14.3. The van der Waals surface area contributed by atoms with Gasteiger partial charge in [-0.15, -0.1) is 12.4 Å².